The van der Waals surface area contributed by atoms with Crippen molar-refractivity contribution in [3.63, 3.8) is 0 Å². The van der Waals surface area contributed by atoms with E-state index in [1.165, 1.54) is 32.4 Å². The summed E-state index contributed by atoms with van der Waals surface area (Å²) in [4.78, 5) is 2.40. The third kappa shape index (κ3) is 1.46. The largest absolute Gasteiger partial charge is 0.346 e. The Bertz CT molecular complexity index is 329. The Hall–Kier alpha value is -0.160. The zero-order chi connectivity index (χ0) is 9.54. The summed E-state index contributed by atoms with van der Waals surface area (Å²) in [6, 6.07) is 0. The van der Waals surface area contributed by atoms with E-state index < -0.39 is 0 Å². The molecule has 0 spiro atoms. The monoisotopic (exact) mass is 273 g/mol. The molecule has 1 saturated heterocycles. The molecule has 2 fully saturated rings. The van der Waals surface area contributed by atoms with Crippen LogP contribution in [0.1, 0.15) is 19.3 Å². The molecule has 1 aliphatic carbocycles. The molecule has 2 atom stereocenters. The van der Waals surface area contributed by atoms with Gasteiger partial charge in [0, 0.05) is 13.1 Å². The third-order valence-corrected chi connectivity index (χ3v) is 4.80. The van der Waals surface area contributed by atoms with Crippen molar-refractivity contribution >= 4 is 32.4 Å². The average molecular weight is 274 g/mol. The maximum atomic E-state index is 4.17. The van der Waals surface area contributed by atoms with Gasteiger partial charge in [-0.15, -0.1) is 10.2 Å². The van der Waals surface area contributed by atoms with E-state index in [2.05, 4.69) is 31.0 Å². The fourth-order valence-corrected chi connectivity index (χ4v) is 3.82. The highest BCUT2D eigenvalue weighted by Crippen LogP contribution is 2.40. The summed E-state index contributed by atoms with van der Waals surface area (Å²) in [5.74, 6) is 1.86. The molecule has 0 N–H and O–H groups in total. The number of hydrogen-bond donors (Lipinski definition) is 0. The van der Waals surface area contributed by atoms with E-state index in [1.54, 1.807) is 11.3 Å². The first-order chi connectivity index (χ1) is 6.83. The lowest BCUT2D eigenvalue weighted by atomic mass is 10.0. The van der Waals surface area contributed by atoms with Gasteiger partial charge in [-0.2, -0.15) is 0 Å². The van der Waals surface area contributed by atoms with Gasteiger partial charge in [0.25, 0.3) is 0 Å². The number of nitrogens with zero attached hydrogens (tertiary/aromatic N) is 3. The Labute approximate surface area is 95.6 Å². The van der Waals surface area contributed by atoms with Crippen LogP contribution in [-0.4, -0.2) is 23.3 Å². The Morgan fingerprint density at radius 2 is 1.93 bits per heavy atom. The fraction of sp³-hybridized carbons (Fsp3) is 0.778. The van der Waals surface area contributed by atoms with Gasteiger partial charge in [-0.3, -0.25) is 0 Å². The standard InChI is InChI=1S/C9H12BrN3S/c10-8-11-12-9(14-8)13-4-6-2-1-3-7(6)5-13/h6-7H,1-5H2. The lowest BCUT2D eigenvalue weighted by Gasteiger charge is -2.14. The molecule has 2 heterocycles. The molecule has 2 aliphatic rings. The predicted octanol–water partition coefficient (Wildman–Crippen LogP) is 2.54. The second-order valence-corrected chi connectivity index (χ2v) is 6.43. The maximum Gasteiger partial charge on any atom is 0.209 e. The first kappa shape index (κ1) is 9.09. The summed E-state index contributed by atoms with van der Waals surface area (Å²) in [5, 5.41) is 9.26. The molecule has 3 rings (SSSR count). The molecule has 2 unspecified atom stereocenters. The zero-order valence-electron chi connectivity index (χ0n) is 7.82. The van der Waals surface area contributed by atoms with E-state index in [9.17, 15) is 0 Å². The predicted molar refractivity (Wildman–Crippen MR) is 60.7 cm³/mol. The summed E-state index contributed by atoms with van der Waals surface area (Å²) >= 11 is 5.00. The van der Waals surface area contributed by atoms with Crippen LogP contribution < -0.4 is 4.90 Å². The van der Waals surface area contributed by atoms with Gasteiger partial charge < -0.3 is 4.90 Å². The van der Waals surface area contributed by atoms with Gasteiger partial charge in [-0.25, -0.2) is 0 Å². The van der Waals surface area contributed by atoms with E-state index in [0.29, 0.717) is 0 Å². The Morgan fingerprint density at radius 3 is 2.50 bits per heavy atom. The number of halogens is 1. The van der Waals surface area contributed by atoms with Gasteiger partial charge >= 0.3 is 0 Å². The lowest BCUT2D eigenvalue weighted by molar-refractivity contribution is 0.494. The summed E-state index contributed by atoms with van der Waals surface area (Å²) in [6.45, 7) is 2.40. The average Bonchev–Trinajstić information content (AvgIpc) is 2.75. The van der Waals surface area contributed by atoms with E-state index >= 15 is 0 Å². The smallest absolute Gasteiger partial charge is 0.209 e. The van der Waals surface area contributed by atoms with Gasteiger partial charge in [-0.1, -0.05) is 17.8 Å². The highest BCUT2D eigenvalue weighted by molar-refractivity contribution is 9.11. The summed E-state index contributed by atoms with van der Waals surface area (Å²) < 4.78 is 0.893. The van der Waals surface area contributed by atoms with Gasteiger partial charge in [0.15, 0.2) is 3.92 Å². The molecule has 3 nitrogen and oxygen atoms in total. The van der Waals surface area contributed by atoms with Crippen molar-refractivity contribution in [3.05, 3.63) is 3.92 Å². The molecule has 76 valence electrons. The minimum Gasteiger partial charge on any atom is -0.346 e. The van der Waals surface area contributed by atoms with Crippen molar-refractivity contribution in [1.82, 2.24) is 10.2 Å². The summed E-state index contributed by atoms with van der Waals surface area (Å²) in [7, 11) is 0. The number of fused-ring (bicyclic) bond motifs is 1. The van der Waals surface area contributed by atoms with E-state index in [4.69, 9.17) is 0 Å². The van der Waals surface area contributed by atoms with Crippen molar-refractivity contribution in [2.24, 2.45) is 11.8 Å². The van der Waals surface area contributed by atoms with Crippen molar-refractivity contribution in [1.29, 1.82) is 0 Å². The molecule has 1 saturated carbocycles. The first-order valence-electron chi connectivity index (χ1n) is 5.07. The quantitative estimate of drug-likeness (QED) is 0.788. The van der Waals surface area contributed by atoms with Crippen molar-refractivity contribution in [3.8, 4) is 0 Å². The van der Waals surface area contributed by atoms with Gasteiger partial charge in [0.05, 0.1) is 0 Å². The molecule has 0 aromatic carbocycles. The molecule has 0 amide bonds. The van der Waals surface area contributed by atoms with Gasteiger partial charge in [0.1, 0.15) is 0 Å². The van der Waals surface area contributed by atoms with Crippen molar-refractivity contribution in [2.45, 2.75) is 19.3 Å². The van der Waals surface area contributed by atoms with Gasteiger partial charge in [0.2, 0.25) is 5.13 Å². The van der Waals surface area contributed by atoms with E-state index in [-0.39, 0.29) is 0 Å². The Balaban J connectivity index is 1.76. The van der Waals surface area contributed by atoms with Crippen LogP contribution >= 0.6 is 27.3 Å². The molecule has 0 bridgehead atoms. The normalized spacial score (nSPS) is 31.1. The minimum atomic E-state index is 0.893. The van der Waals surface area contributed by atoms with E-state index in [0.717, 1.165) is 20.9 Å². The topological polar surface area (TPSA) is 29.0 Å². The van der Waals surface area contributed by atoms with Crippen LogP contribution in [0.15, 0.2) is 3.92 Å². The third-order valence-electron chi connectivity index (χ3n) is 3.39. The summed E-state index contributed by atoms with van der Waals surface area (Å²) in [5.41, 5.74) is 0. The molecule has 0 radical (unpaired) electrons. The number of anilines is 1. The van der Waals surface area contributed by atoms with Crippen LogP contribution in [0.25, 0.3) is 0 Å². The number of hydrogen-bond acceptors (Lipinski definition) is 4. The van der Waals surface area contributed by atoms with Crippen LogP contribution in [0.5, 0.6) is 0 Å². The van der Waals surface area contributed by atoms with Crippen LogP contribution in [0.3, 0.4) is 0 Å². The second-order valence-electron chi connectivity index (χ2n) is 4.19. The van der Waals surface area contributed by atoms with E-state index in [1.807, 2.05) is 0 Å². The first-order valence-corrected chi connectivity index (χ1v) is 6.68. The second kappa shape index (κ2) is 3.45. The van der Waals surface area contributed by atoms with Crippen LogP contribution in [-0.2, 0) is 0 Å². The van der Waals surface area contributed by atoms with Crippen LogP contribution in [0, 0.1) is 11.8 Å². The Kier molecular flexibility index (Phi) is 2.24. The van der Waals surface area contributed by atoms with Crippen molar-refractivity contribution < 1.29 is 0 Å². The van der Waals surface area contributed by atoms with Crippen molar-refractivity contribution in [2.75, 3.05) is 18.0 Å². The molecule has 5 heteroatoms. The number of rotatable bonds is 1. The molecular weight excluding hydrogens is 262 g/mol. The highest BCUT2D eigenvalue weighted by atomic mass is 79.9. The number of aromatic nitrogens is 2. The minimum absolute atomic E-state index is 0.893. The zero-order valence-corrected chi connectivity index (χ0v) is 10.2. The SMILES string of the molecule is Brc1nnc(N2CC3CCCC3C2)s1. The summed E-state index contributed by atoms with van der Waals surface area (Å²) in [6.07, 6.45) is 4.27. The van der Waals surface area contributed by atoms with Crippen LogP contribution in [0.2, 0.25) is 0 Å². The molecule has 1 aromatic rings. The lowest BCUT2D eigenvalue weighted by Crippen LogP contribution is -2.20. The molecular formula is C9H12BrN3S. The molecule has 1 aliphatic heterocycles. The fourth-order valence-electron chi connectivity index (χ4n) is 2.72. The molecule has 14 heavy (non-hydrogen) atoms. The Morgan fingerprint density at radius 1 is 1.21 bits per heavy atom. The molecule has 1 aromatic heterocycles. The van der Waals surface area contributed by atoms with Crippen LogP contribution in [0.4, 0.5) is 5.13 Å². The highest BCUT2D eigenvalue weighted by Gasteiger charge is 2.37. The maximum absolute atomic E-state index is 4.17. The van der Waals surface area contributed by atoms with Gasteiger partial charge in [-0.05, 0) is 40.6 Å².